The van der Waals surface area contributed by atoms with E-state index in [9.17, 15) is 14.7 Å². The summed E-state index contributed by atoms with van der Waals surface area (Å²) >= 11 is 1.98. The molecule has 3 aromatic rings. The van der Waals surface area contributed by atoms with E-state index in [1.165, 1.54) is 13.3 Å². The van der Waals surface area contributed by atoms with E-state index in [-0.39, 0.29) is 24.0 Å². The van der Waals surface area contributed by atoms with E-state index in [0.717, 1.165) is 5.56 Å². The molecule has 164 valence electrons. The Hall–Kier alpha value is -3.40. The van der Waals surface area contributed by atoms with Crippen LogP contribution in [0.25, 0.3) is 0 Å². The molecule has 0 saturated heterocycles. The highest BCUT2D eigenvalue weighted by Crippen LogP contribution is 2.31. The third-order valence-corrected chi connectivity index (χ3v) is 5.43. The Balaban J connectivity index is 1.68. The van der Waals surface area contributed by atoms with Crippen molar-refractivity contribution in [1.29, 1.82) is 0 Å². The molecule has 32 heavy (non-hydrogen) atoms. The molecule has 3 aromatic carbocycles. The summed E-state index contributed by atoms with van der Waals surface area (Å²) in [6.45, 7) is 0. The molecule has 3 rings (SSSR count). The molecular formula is C24H22IN3O4. The Morgan fingerprint density at radius 1 is 1.09 bits per heavy atom. The number of aromatic hydroxyl groups is 1. The van der Waals surface area contributed by atoms with Crippen LogP contribution >= 0.6 is 22.6 Å². The standard InChI is InChI=1S/C24H22IN3O4/c1-32-21-13-16(12-19(25)23(21)30)15-26-28-22(29)14-20(17-8-4-2-5-9-17)27-24(31)18-10-6-3-7-11-18/h2-13,15,20,30H,14H2,1H3,(H,27,31)(H,28,29)/b26-15-/t20-/m0/s1. The fourth-order valence-electron chi connectivity index (χ4n) is 3.00. The first-order valence-electron chi connectivity index (χ1n) is 9.77. The second-order valence-corrected chi connectivity index (χ2v) is 8.02. The van der Waals surface area contributed by atoms with Gasteiger partial charge in [-0.3, -0.25) is 9.59 Å². The zero-order chi connectivity index (χ0) is 22.9. The minimum atomic E-state index is -0.520. The largest absolute Gasteiger partial charge is 0.504 e. The summed E-state index contributed by atoms with van der Waals surface area (Å²) in [6, 6.07) is 20.9. The maximum atomic E-state index is 12.6. The van der Waals surface area contributed by atoms with Crippen LogP contribution in [0.2, 0.25) is 0 Å². The number of nitrogens with zero attached hydrogens (tertiary/aromatic N) is 1. The number of hydrogen-bond acceptors (Lipinski definition) is 5. The van der Waals surface area contributed by atoms with Crippen molar-refractivity contribution in [2.45, 2.75) is 12.5 Å². The minimum absolute atomic E-state index is 0.0103. The van der Waals surface area contributed by atoms with Gasteiger partial charge >= 0.3 is 0 Å². The molecule has 3 N–H and O–H groups in total. The van der Waals surface area contributed by atoms with E-state index in [4.69, 9.17) is 4.74 Å². The summed E-state index contributed by atoms with van der Waals surface area (Å²) < 4.78 is 5.72. The van der Waals surface area contributed by atoms with Crippen molar-refractivity contribution in [3.63, 3.8) is 0 Å². The summed E-state index contributed by atoms with van der Waals surface area (Å²) in [6.07, 6.45) is 1.47. The Bertz CT molecular complexity index is 1100. The van der Waals surface area contributed by atoms with Crippen molar-refractivity contribution in [2.24, 2.45) is 5.10 Å². The first-order valence-corrected chi connectivity index (χ1v) is 10.8. The molecule has 0 aliphatic rings. The normalized spacial score (nSPS) is 11.7. The SMILES string of the molecule is COc1cc(/C=N\NC(=O)C[C@H](NC(=O)c2ccccc2)c2ccccc2)cc(I)c1O. The molecular weight excluding hydrogens is 521 g/mol. The van der Waals surface area contributed by atoms with Crippen molar-refractivity contribution < 1.29 is 19.4 Å². The molecule has 0 heterocycles. The van der Waals surface area contributed by atoms with Crippen molar-refractivity contribution >= 4 is 40.6 Å². The van der Waals surface area contributed by atoms with E-state index in [1.807, 2.05) is 59.0 Å². The lowest BCUT2D eigenvalue weighted by molar-refractivity contribution is -0.121. The van der Waals surface area contributed by atoms with Crippen LogP contribution in [0.4, 0.5) is 0 Å². The highest BCUT2D eigenvalue weighted by molar-refractivity contribution is 14.1. The van der Waals surface area contributed by atoms with Gasteiger partial charge in [-0.05, 0) is 58.0 Å². The summed E-state index contributed by atoms with van der Waals surface area (Å²) in [5.41, 5.74) is 4.47. The molecule has 0 unspecified atom stereocenters. The Morgan fingerprint density at radius 2 is 1.75 bits per heavy atom. The number of hydrogen-bond donors (Lipinski definition) is 3. The maximum Gasteiger partial charge on any atom is 0.251 e. The van der Waals surface area contributed by atoms with Crippen LogP contribution in [0.3, 0.4) is 0 Å². The summed E-state index contributed by atoms with van der Waals surface area (Å²) in [7, 11) is 1.46. The van der Waals surface area contributed by atoms with Crippen LogP contribution in [0.15, 0.2) is 77.9 Å². The van der Waals surface area contributed by atoms with Crippen LogP contribution in [0.1, 0.15) is 33.9 Å². The lowest BCUT2D eigenvalue weighted by Crippen LogP contribution is -2.32. The highest BCUT2D eigenvalue weighted by atomic mass is 127. The molecule has 0 saturated carbocycles. The first-order chi connectivity index (χ1) is 15.5. The first kappa shape index (κ1) is 23.3. The van der Waals surface area contributed by atoms with Gasteiger partial charge < -0.3 is 15.2 Å². The molecule has 0 fully saturated rings. The average molecular weight is 543 g/mol. The molecule has 2 amide bonds. The Morgan fingerprint density at radius 3 is 2.41 bits per heavy atom. The van der Waals surface area contributed by atoms with Gasteiger partial charge in [0, 0.05) is 5.56 Å². The number of benzene rings is 3. The predicted molar refractivity (Wildman–Crippen MR) is 131 cm³/mol. The number of hydrazone groups is 1. The Kier molecular flexibility index (Phi) is 8.20. The van der Waals surface area contributed by atoms with Crippen LogP contribution in [-0.2, 0) is 4.79 Å². The quantitative estimate of drug-likeness (QED) is 0.227. The highest BCUT2D eigenvalue weighted by Gasteiger charge is 2.19. The van der Waals surface area contributed by atoms with Crippen molar-refractivity contribution in [2.75, 3.05) is 7.11 Å². The number of amides is 2. The zero-order valence-electron chi connectivity index (χ0n) is 17.3. The van der Waals surface area contributed by atoms with Gasteiger partial charge in [-0.15, -0.1) is 0 Å². The maximum absolute atomic E-state index is 12.6. The number of ether oxygens (including phenoxy) is 1. The topological polar surface area (TPSA) is 100 Å². The molecule has 0 spiro atoms. The van der Waals surface area contributed by atoms with Crippen molar-refractivity contribution in [3.05, 3.63) is 93.1 Å². The number of carbonyl (C=O) groups excluding carboxylic acids is 2. The van der Waals surface area contributed by atoms with Gasteiger partial charge in [0.05, 0.1) is 29.4 Å². The minimum Gasteiger partial charge on any atom is -0.504 e. The van der Waals surface area contributed by atoms with Crippen LogP contribution < -0.4 is 15.5 Å². The lowest BCUT2D eigenvalue weighted by Gasteiger charge is -2.18. The van der Waals surface area contributed by atoms with Crippen LogP contribution in [-0.4, -0.2) is 30.2 Å². The monoisotopic (exact) mass is 543 g/mol. The Labute approximate surface area is 199 Å². The number of rotatable bonds is 8. The third kappa shape index (κ3) is 6.30. The average Bonchev–Trinajstić information content (AvgIpc) is 2.81. The van der Waals surface area contributed by atoms with E-state index in [2.05, 4.69) is 15.8 Å². The molecule has 1 atom stereocenters. The van der Waals surface area contributed by atoms with E-state index in [0.29, 0.717) is 20.4 Å². The molecule has 0 radical (unpaired) electrons. The van der Waals surface area contributed by atoms with Gasteiger partial charge in [0.15, 0.2) is 11.5 Å². The summed E-state index contributed by atoms with van der Waals surface area (Å²) in [4.78, 5) is 25.2. The van der Waals surface area contributed by atoms with Gasteiger partial charge in [0.25, 0.3) is 5.91 Å². The molecule has 0 aliphatic carbocycles. The lowest BCUT2D eigenvalue weighted by atomic mass is 10.0. The number of phenolic OH excluding ortho intramolecular Hbond substituents is 1. The molecule has 0 aliphatic heterocycles. The number of nitrogens with one attached hydrogen (secondary N) is 2. The van der Waals surface area contributed by atoms with Crippen LogP contribution in [0, 0.1) is 3.57 Å². The summed E-state index contributed by atoms with van der Waals surface area (Å²) in [5, 5.41) is 16.8. The second-order valence-electron chi connectivity index (χ2n) is 6.85. The summed E-state index contributed by atoms with van der Waals surface area (Å²) in [5.74, 6) is -0.253. The van der Waals surface area contributed by atoms with Crippen molar-refractivity contribution in [3.8, 4) is 11.5 Å². The van der Waals surface area contributed by atoms with Gasteiger partial charge in [-0.2, -0.15) is 5.10 Å². The smallest absolute Gasteiger partial charge is 0.251 e. The number of halogens is 1. The van der Waals surface area contributed by atoms with E-state index in [1.54, 1.807) is 36.4 Å². The second kappa shape index (κ2) is 11.3. The van der Waals surface area contributed by atoms with E-state index >= 15 is 0 Å². The van der Waals surface area contributed by atoms with Gasteiger partial charge in [-0.25, -0.2) is 5.43 Å². The van der Waals surface area contributed by atoms with Crippen LogP contribution in [0.5, 0.6) is 11.5 Å². The fraction of sp³-hybridized carbons (Fsp3) is 0.125. The molecule has 0 bridgehead atoms. The zero-order valence-corrected chi connectivity index (χ0v) is 19.4. The van der Waals surface area contributed by atoms with Gasteiger partial charge in [0.1, 0.15) is 0 Å². The fourth-order valence-corrected chi connectivity index (χ4v) is 3.63. The number of methoxy groups -OCH3 is 1. The number of phenols is 1. The van der Waals surface area contributed by atoms with Gasteiger partial charge in [0.2, 0.25) is 5.91 Å². The molecule has 7 nitrogen and oxygen atoms in total. The molecule has 0 aromatic heterocycles. The van der Waals surface area contributed by atoms with Crippen molar-refractivity contribution in [1.82, 2.24) is 10.7 Å². The van der Waals surface area contributed by atoms with Gasteiger partial charge in [-0.1, -0.05) is 48.5 Å². The van der Waals surface area contributed by atoms with E-state index < -0.39 is 6.04 Å². The number of carbonyl (C=O) groups is 2. The molecule has 8 heteroatoms. The predicted octanol–water partition coefficient (Wildman–Crippen LogP) is 4.02. The third-order valence-electron chi connectivity index (χ3n) is 4.61.